The number of thioether (sulfide) groups is 1. The maximum Gasteiger partial charge on any atom is 0.335 e. The number of hydrogen-bond donors (Lipinski definition) is 1. The maximum atomic E-state index is 12.2. The molecule has 1 aromatic carbocycles. The van der Waals surface area contributed by atoms with Crippen LogP contribution < -0.4 is 0 Å². The zero-order valence-corrected chi connectivity index (χ0v) is 13.5. The van der Waals surface area contributed by atoms with E-state index in [4.69, 9.17) is 5.11 Å². The van der Waals surface area contributed by atoms with Crippen molar-refractivity contribution in [2.24, 2.45) is 5.92 Å². The summed E-state index contributed by atoms with van der Waals surface area (Å²) < 4.78 is 24.3. The molecule has 0 heterocycles. The van der Waals surface area contributed by atoms with Gasteiger partial charge in [0.25, 0.3) is 0 Å². The third kappa shape index (κ3) is 4.83. The molecule has 1 unspecified atom stereocenters. The van der Waals surface area contributed by atoms with E-state index in [1.807, 2.05) is 0 Å². The first-order valence-electron chi connectivity index (χ1n) is 6.41. The molecule has 0 aromatic heterocycles. The fraction of sp³-hybridized carbons (Fsp3) is 0.500. The van der Waals surface area contributed by atoms with E-state index in [1.54, 1.807) is 11.8 Å². The lowest BCUT2D eigenvalue weighted by Crippen LogP contribution is -2.13. The van der Waals surface area contributed by atoms with Crippen LogP contribution in [0, 0.1) is 5.92 Å². The summed E-state index contributed by atoms with van der Waals surface area (Å²) in [5.74, 6) is -0.0838. The molecule has 0 aliphatic heterocycles. The number of carboxylic acid groups (broad SMARTS) is 1. The SMILES string of the molecule is CC(C)C(C)SCCS(=O)(=O)c1cccc(C(=O)O)c1. The molecule has 0 amide bonds. The van der Waals surface area contributed by atoms with E-state index in [2.05, 4.69) is 20.8 Å². The molecule has 0 fully saturated rings. The van der Waals surface area contributed by atoms with Crippen molar-refractivity contribution in [2.75, 3.05) is 11.5 Å². The van der Waals surface area contributed by atoms with Gasteiger partial charge in [-0.05, 0) is 24.1 Å². The summed E-state index contributed by atoms with van der Waals surface area (Å²) >= 11 is 1.62. The average molecular weight is 316 g/mol. The van der Waals surface area contributed by atoms with Gasteiger partial charge in [-0.2, -0.15) is 11.8 Å². The highest BCUT2D eigenvalue weighted by atomic mass is 32.2. The number of aromatic carboxylic acids is 1. The molecule has 4 nitrogen and oxygen atoms in total. The molecule has 6 heteroatoms. The van der Waals surface area contributed by atoms with Crippen molar-refractivity contribution < 1.29 is 18.3 Å². The van der Waals surface area contributed by atoms with Gasteiger partial charge >= 0.3 is 5.97 Å². The second-order valence-corrected chi connectivity index (χ2v) is 8.57. The van der Waals surface area contributed by atoms with Crippen LogP contribution in [0.3, 0.4) is 0 Å². The molecule has 1 aromatic rings. The molecule has 1 rings (SSSR count). The van der Waals surface area contributed by atoms with E-state index in [-0.39, 0.29) is 16.2 Å². The minimum absolute atomic E-state index is 0.00530. The predicted molar refractivity (Wildman–Crippen MR) is 82.2 cm³/mol. The molecular formula is C14H20O4S2. The fourth-order valence-electron chi connectivity index (χ4n) is 1.48. The van der Waals surface area contributed by atoms with Crippen molar-refractivity contribution in [1.82, 2.24) is 0 Å². The predicted octanol–water partition coefficient (Wildman–Crippen LogP) is 2.94. The molecule has 1 atom stereocenters. The van der Waals surface area contributed by atoms with Crippen molar-refractivity contribution in [3.8, 4) is 0 Å². The van der Waals surface area contributed by atoms with E-state index >= 15 is 0 Å². The van der Waals surface area contributed by atoms with Gasteiger partial charge in [-0.25, -0.2) is 13.2 Å². The molecule has 0 spiro atoms. The van der Waals surface area contributed by atoms with Crippen LogP contribution in [-0.4, -0.2) is 36.2 Å². The minimum atomic E-state index is -3.42. The number of hydrogen-bond acceptors (Lipinski definition) is 4. The first kappa shape index (κ1) is 17.0. The summed E-state index contributed by atoms with van der Waals surface area (Å²) in [6, 6.07) is 5.50. The van der Waals surface area contributed by atoms with Crippen LogP contribution in [0.15, 0.2) is 29.2 Å². The molecule has 0 bridgehead atoms. The molecule has 0 saturated carbocycles. The topological polar surface area (TPSA) is 71.4 Å². The van der Waals surface area contributed by atoms with E-state index < -0.39 is 15.8 Å². The van der Waals surface area contributed by atoms with Gasteiger partial charge in [-0.3, -0.25) is 0 Å². The number of benzene rings is 1. The Hall–Kier alpha value is -1.01. The van der Waals surface area contributed by atoms with Crippen LogP contribution >= 0.6 is 11.8 Å². The second kappa shape index (κ2) is 7.13. The van der Waals surface area contributed by atoms with Gasteiger partial charge < -0.3 is 5.11 Å². The first-order valence-corrected chi connectivity index (χ1v) is 9.12. The summed E-state index contributed by atoms with van der Waals surface area (Å²) in [4.78, 5) is 10.9. The van der Waals surface area contributed by atoms with Crippen LogP contribution in [0.25, 0.3) is 0 Å². The highest BCUT2D eigenvalue weighted by molar-refractivity contribution is 8.01. The smallest absolute Gasteiger partial charge is 0.335 e. The van der Waals surface area contributed by atoms with Gasteiger partial charge in [0, 0.05) is 11.0 Å². The van der Waals surface area contributed by atoms with E-state index in [1.165, 1.54) is 24.3 Å². The van der Waals surface area contributed by atoms with Crippen molar-refractivity contribution in [3.63, 3.8) is 0 Å². The molecule has 0 saturated heterocycles. The maximum absolute atomic E-state index is 12.2. The lowest BCUT2D eigenvalue weighted by molar-refractivity contribution is 0.0696. The Morgan fingerprint density at radius 3 is 2.50 bits per heavy atom. The number of rotatable bonds is 7. The Morgan fingerprint density at radius 2 is 1.95 bits per heavy atom. The largest absolute Gasteiger partial charge is 0.478 e. The molecule has 0 radical (unpaired) electrons. The van der Waals surface area contributed by atoms with Gasteiger partial charge in [-0.15, -0.1) is 0 Å². The van der Waals surface area contributed by atoms with Crippen LogP contribution in [0.4, 0.5) is 0 Å². The molecule has 1 N–H and O–H groups in total. The van der Waals surface area contributed by atoms with Gasteiger partial charge in [0.1, 0.15) is 0 Å². The molecule has 0 aliphatic rings. The lowest BCUT2D eigenvalue weighted by Gasteiger charge is -2.14. The molecule has 112 valence electrons. The van der Waals surface area contributed by atoms with Crippen LogP contribution in [0.5, 0.6) is 0 Å². The Bertz CT molecular complexity index is 564. The monoisotopic (exact) mass is 316 g/mol. The van der Waals surface area contributed by atoms with Crippen molar-refractivity contribution in [2.45, 2.75) is 30.9 Å². The van der Waals surface area contributed by atoms with E-state index in [0.29, 0.717) is 16.9 Å². The van der Waals surface area contributed by atoms with Gasteiger partial charge in [0.15, 0.2) is 9.84 Å². The number of sulfone groups is 1. The Morgan fingerprint density at radius 1 is 1.30 bits per heavy atom. The van der Waals surface area contributed by atoms with Crippen LogP contribution in [-0.2, 0) is 9.84 Å². The molecule has 20 heavy (non-hydrogen) atoms. The van der Waals surface area contributed by atoms with Gasteiger partial charge in [0.2, 0.25) is 0 Å². The highest BCUT2D eigenvalue weighted by Crippen LogP contribution is 2.21. The normalized spacial score (nSPS) is 13.4. The Labute approximate surface area is 124 Å². The summed E-state index contributed by atoms with van der Waals surface area (Å²) in [6.07, 6.45) is 0. The minimum Gasteiger partial charge on any atom is -0.478 e. The molecule has 0 aliphatic carbocycles. The zero-order valence-electron chi connectivity index (χ0n) is 11.9. The quantitative estimate of drug-likeness (QED) is 0.837. The van der Waals surface area contributed by atoms with Crippen LogP contribution in [0.2, 0.25) is 0 Å². The summed E-state index contributed by atoms with van der Waals surface area (Å²) in [5.41, 5.74) is -0.00530. The van der Waals surface area contributed by atoms with Gasteiger partial charge in [-0.1, -0.05) is 26.8 Å². The average Bonchev–Trinajstić information content (AvgIpc) is 2.38. The van der Waals surface area contributed by atoms with Crippen molar-refractivity contribution in [1.29, 1.82) is 0 Å². The zero-order chi connectivity index (χ0) is 15.3. The third-order valence-corrected chi connectivity index (χ3v) is 6.59. The van der Waals surface area contributed by atoms with Gasteiger partial charge in [0.05, 0.1) is 16.2 Å². The Balaban J connectivity index is 2.74. The summed E-state index contributed by atoms with van der Waals surface area (Å²) in [7, 11) is -3.42. The van der Waals surface area contributed by atoms with E-state index in [9.17, 15) is 13.2 Å². The lowest BCUT2D eigenvalue weighted by atomic mass is 10.2. The van der Waals surface area contributed by atoms with Crippen LogP contribution in [0.1, 0.15) is 31.1 Å². The number of carboxylic acids is 1. The fourth-order valence-corrected chi connectivity index (χ4v) is 4.32. The molecular weight excluding hydrogens is 296 g/mol. The van der Waals surface area contributed by atoms with Crippen molar-refractivity contribution >= 4 is 27.6 Å². The first-order chi connectivity index (χ1) is 9.24. The summed E-state index contributed by atoms with van der Waals surface area (Å²) in [5, 5.41) is 9.28. The second-order valence-electron chi connectivity index (χ2n) is 4.97. The van der Waals surface area contributed by atoms with Crippen molar-refractivity contribution in [3.05, 3.63) is 29.8 Å². The Kier molecular flexibility index (Phi) is 6.07. The summed E-state index contributed by atoms with van der Waals surface area (Å²) in [6.45, 7) is 6.28. The number of carbonyl (C=O) groups is 1. The van der Waals surface area contributed by atoms with E-state index in [0.717, 1.165) is 0 Å². The standard InChI is InChI=1S/C14H20O4S2/c1-10(2)11(3)19-7-8-20(17,18)13-6-4-5-12(9-13)14(15)16/h4-6,9-11H,7-8H2,1-3H3,(H,15,16). The highest BCUT2D eigenvalue weighted by Gasteiger charge is 2.17. The third-order valence-electron chi connectivity index (χ3n) is 3.11.